The van der Waals surface area contributed by atoms with Gasteiger partial charge in [0, 0.05) is 0 Å². The number of ether oxygens (including phenoxy) is 1. The standard InChI is InChI=1S/C17H12O3/c18-15-8-5-13(6-9-15)17(19)20-16-10-7-12-3-1-2-4-14(12)11-16/h1-11,18H. The highest BCUT2D eigenvalue weighted by Gasteiger charge is 2.08. The van der Waals surface area contributed by atoms with Gasteiger partial charge in [-0.15, -0.1) is 0 Å². The van der Waals surface area contributed by atoms with Crippen molar-refractivity contribution in [1.82, 2.24) is 0 Å². The number of carbonyl (C=O) groups is 1. The molecule has 3 heteroatoms. The number of carbonyl (C=O) groups excluding carboxylic acids is 1. The first kappa shape index (κ1) is 12.2. The van der Waals surface area contributed by atoms with Crippen LogP contribution in [0.5, 0.6) is 11.5 Å². The van der Waals surface area contributed by atoms with Crippen molar-refractivity contribution < 1.29 is 14.6 Å². The molecule has 0 aliphatic rings. The lowest BCUT2D eigenvalue weighted by molar-refractivity contribution is 0.0735. The Morgan fingerprint density at radius 3 is 2.30 bits per heavy atom. The molecule has 3 aromatic rings. The summed E-state index contributed by atoms with van der Waals surface area (Å²) in [5, 5.41) is 11.3. The second-order valence-corrected chi connectivity index (χ2v) is 4.45. The lowest BCUT2D eigenvalue weighted by Crippen LogP contribution is -2.07. The number of phenolic OH excluding ortho intramolecular Hbond substituents is 1. The SMILES string of the molecule is O=C(Oc1ccc2ccccc2c1)c1ccc(O)cc1. The van der Waals surface area contributed by atoms with Gasteiger partial charge < -0.3 is 9.84 Å². The largest absolute Gasteiger partial charge is 0.508 e. The van der Waals surface area contributed by atoms with Crippen molar-refractivity contribution in [3.05, 3.63) is 72.3 Å². The van der Waals surface area contributed by atoms with Crippen LogP contribution in [0.1, 0.15) is 10.4 Å². The Morgan fingerprint density at radius 1 is 0.850 bits per heavy atom. The maximum Gasteiger partial charge on any atom is 0.343 e. The van der Waals surface area contributed by atoms with E-state index in [9.17, 15) is 9.90 Å². The number of fused-ring (bicyclic) bond motifs is 1. The average Bonchev–Trinajstić information content (AvgIpc) is 2.48. The van der Waals surface area contributed by atoms with Crippen molar-refractivity contribution in [3.8, 4) is 11.5 Å². The van der Waals surface area contributed by atoms with Crippen molar-refractivity contribution in [1.29, 1.82) is 0 Å². The Labute approximate surface area is 116 Å². The van der Waals surface area contributed by atoms with E-state index in [2.05, 4.69) is 0 Å². The fraction of sp³-hybridized carbons (Fsp3) is 0. The monoisotopic (exact) mass is 264 g/mol. The lowest BCUT2D eigenvalue weighted by atomic mass is 10.1. The number of esters is 1. The molecule has 0 bridgehead atoms. The van der Waals surface area contributed by atoms with Gasteiger partial charge in [-0.2, -0.15) is 0 Å². The van der Waals surface area contributed by atoms with Gasteiger partial charge in [-0.25, -0.2) is 4.79 Å². The van der Waals surface area contributed by atoms with E-state index >= 15 is 0 Å². The third-order valence-electron chi connectivity index (χ3n) is 3.03. The zero-order valence-corrected chi connectivity index (χ0v) is 10.6. The van der Waals surface area contributed by atoms with Crippen LogP contribution in [0.3, 0.4) is 0 Å². The van der Waals surface area contributed by atoms with Crippen molar-refractivity contribution in [3.63, 3.8) is 0 Å². The number of rotatable bonds is 2. The van der Waals surface area contributed by atoms with Crippen LogP contribution in [0.4, 0.5) is 0 Å². The smallest absolute Gasteiger partial charge is 0.343 e. The molecular weight excluding hydrogens is 252 g/mol. The first-order valence-electron chi connectivity index (χ1n) is 6.22. The minimum atomic E-state index is -0.444. The van der Waals surface area contributed by atoms with Crippen LogP contribution in [0.2, 0.25) is 0 Å². The van der Waals surface area contributed by atoms with Crippen LogP contribution >= 0.6 is 0 Å². The van der Waals surface area contributed by atoms with Crippen LogP contribution < -0.4 is 4.74 Å². The predicted molar refractivity (Wildman–Crippen MR) is 77.0 cm³/mol. The van der Waals surface area contributed by atoms with E-state index in [1.165, 1.54) is 24.3 Å². The molecule has 3 rings (SSSR count). The van der Waals surface area contributed by atoms with Gasteiger partial charge >= 0.3 is 5.97 Å². The summed E-state index contributed by atoms with van der Waals surface area (Å²) < 4.78 is 5.33. The molecule has 3 aromatic carbocycles. The zero-order valence-electron chi connectivity index (χ0n) is 10.6. The van der Waals surface area contributed by atoms with E-state index in [-0.39, 0.29) is 5.75 Å². The third kappa shape index (κ3) is 2.47. The summed E-state index contributed by atoms with van der Waals surface area (Å²) in [6, 6.07) is 19.3. The minimum Gasteiger partial charge on any atom is -0.508 e. The maximum atomic E-state index is 12.0. The summed E-state index contributed by atoms with van der Waals surface area (Å²) >= 11 is 0. The predicted octanol–water partition coefficient (Wildman–Crippen LogP) is 3.76. The fourth-order valence-electron chi connectivity index (χ4n) is 1.99. The minimum absolute atomic E-state index is 0.118. The molecular formula is C17H12O3. The second kappa shape index (κ2) is 5.05. The summed E-state index contributed by atoms with van der Waals surface area (Å²) in [5.41, 5.74) is 0.399. The zero-order chi connectivity index (χ0) is 13.9. The fourth-order valence-corrected chi connectivity index (χ4v) is 1.99. The van der Waals surface area contributed by atoms with E-state index in [4.69, 9.17) is 4.74 Å². The molecule has 0 aliphatic heterocycles. The Balaban J connectivity index is 1.85. The summed E-state index contributed by atoms with van der Waals surface area (Å²) in [5.74, 6) is 0.175. The second-order valence-electron chi connectivity index (χ2n) is 4.45. The topological polar surface area (TPSA) is 46.5 Å². The van der Waals surface area contributed by atoms with Crippen LogP contribution in [0.15, 0.2) is 66.7 Å². The van der Waals surface area contributed by atoms with Crippen LogP contribution in [0, 0.1) is 0 Å². The van der Waals surface area contributed by atoms with E-state index in [1.807, 2.05) is 36.4 Å². The molecule has 3 nitrogen and oxygen atoms in total. The van der Waals surface area contributed by atoms with Crippen molar-refractivity contribution in [2.24, 2.45) is 0 Å². The van der Waals surface area contributed by atoms with Gasteiger partial charge in [0.15, 0.2) is 0 Å². The summed E-state index contributed by atoms with van der Waals surface area (Å²) in [7, 11) is 0. The van der Waals surface area contributed by atoms with Crippen molar-refractivity contribution in [2.75, 3.05) is 0 Å². The number of hydrogen-bond acceptors (Lipinski definition) is 3. The Kier molecular flexibility index (Phi) is 3.09. The van der Waals surface area contributed by atoms with Crippen LogP contribution in [-0.2, 0) is 0 Å². The molecule has 0 unspecified atom stereocenters. The van der Waals surface area contributed by atoms with Gasteiger partial charge in [-0.1, -0.05) is 30.3 Å². The number of aromatic hydroxyl groups is 1. The van der Waals surface area contributed by atoms with Gasteiger partial charge in [0.2, 0.25) is 0 Å². The van der Waals surface area contributed by atoms with E-state index in [0.29, 0.717) is 11.3 Å². The van der Waals surface area contributed by atoms with Crippen LogP contribution in [-0.4, -0.2) is 11.1 Å². The highest BCUT2D eigenvalue weighted by atomic mass is 16.5. The molecule has 0 fully saturated rings. The molecule has 0 saturated carbocycles. The van der Waals surface area contributed by atoms with Crippen molar-refractivity contribution in [2.45, 2.75) is 0 Å². The lowest BCUT2D eigenvalue weighted by Gasteiger charge is -2.05. The molecule has 98 valence electrons. The van der Waals surface area contributed by atoms with Gasteiger partial charge in [0.25, 0.3) is 0 Å². The van der Waals surface area contributed by atoms with Gasteiger partial charge in [0.1, 0.15) is 11.5 Å². The normalized spacial score (nSPS) is 10.4. The first-order chi connectivity index (χ1) is 9.72. The number of hydrogen-bond donors (Lipinski definition) is 1. The molecule has 0 aromatic heterocycles. The van der Waals surface area contributed by atoms with Gasteiger partial charge in [-0.05, 0) is 47.2 Å². The quantitative estimate of drug-likeness (QED) is 0.566. The highest BCUT2D eigenvalue weighted by Crippen LogP contribution is 2.21. The molecule has 0 heterocycles. The molecule has 0 atom stereocenters. The molecule has 1 N–H and O–H groups in total. The first-order valence-corrected chi connectivity index (χ1v) is 6.22. The number of benzene rings is 3. The summed E-state index contributed by atoms with van der Waals surface area (Å²) in [4.78, 5) is 12.0. The third-order valence-corrected chi connectivity index (χ3v) is 3.03. The molecule has 0 saturated heterocycles. The van der Waals surface area contributed by atoms with Crippen molar-refractivity contribution >= 4 is 16.7 Å². The summed E-state index contributed by atoms with van der Waals surface area (Å²) in [6.45, 7) is 0. The molecule has 0 amide bonds. The summed E-state index contributed by atoms with van der Waals surface area (Å²) in [6.07, 6.45) is 0. The Bertz CT molecular complexity index is 761. The van der Waals surface area contributed by atoms with Gasteiger partial charge in [0.05, 0.1) is 5.56 Å². The highest BCUT2D eigenvalue weighted by molar-refractivity contribution is 5.92. The Hall–Kier alpha value is -2.81. The number of phenols is 1. The molecule has 0 aliphatic carbocycles. The molecule has 0 radical (unpaired) electrons. The average molecular weight is 264 g/mol. The molecule has 20 heavy (non-hydrogen) atoms. The van der Waals surface area contributed by atoms with E-state index < -0.39 is 5.97 Å². The van der Waals surface area contributed by atoms with E-state index in [1.54, 1.807) is 6.07 Å². The Morgan fingerprint density at radius 2 is 1.55 bits per heavy atom. The van der Waals surface area contributed by atoms with Gasteiger partial charge in [-0.3, -0.25) is 0 Å². The molecule has 0 spiro atoms. The van der Waals surface area contributed by atoms with Crippen LogP contribution in [0.25, 0.3) is 10.8 Å². The van der Waals surface area contributed by atoms with E-state index in [0.717, 1.165) is 10.8 Å². The maximum absolute atomic E-state index is 12.0.